The van der Waals surface area contributed by atoms with Gasteiger partial charge in [0.2, 0.25) is 0 Å². The zero-order valence-electron chi connectivity index (χ0n) is 13.9. The van der Waals surface area contributed by atoms with Gasteiger partial charge in [0.1, 0.15) is 0 Å². The smallest absolute Gasteiger partial charge is 0.192 e. The Bertz CT molecular complexity index is 168. The van der Waals surface area contributed by atoms with Crippen molar-refractivity contribution in [2.24, 2.45) is 0 Å². The number of rotatable bonds is 14. The molecular formula is C16H37NOSi. The minimum atomic E-state index is -1.45. The lowest BCUT2D eigenvalue weighted by molar-refractivity contribution is 0.286. The van der Waals surface area contributed by atoms with Crippen molar-refractivity contribution in [1.29, 1.82) is 0 Å². The molecule has 0 aliphatic rings. The van der Waals surface area contributed by atoms with Gasteiger partial charge in [-0.2, -0.15) is 0 Å². The Morgan fingerprint density at radius 3 is 1.79 bits per heavy atom. The molecule has 0 fully saturated rings. The van der Waals surface area contributed by atoms with Crippen LogP contribution in [0, 0.1) is 0 Å². The first-order valence-electron chi connectivity index (χ1n) is 8.53. The SMILES string of the molecule is CCCCO[Si](CCCC)(CCCC)CCCNC. The van der Waals surface area contributed by atoms with Crippen LogP contribution in [0.25, 0.3) is 0 Å². The molecule has 0 aromatic heterocycles. The van der Waals surface area contributed by atoms with Gasteiger partial charge in [0.25, 0.3) is 0 Å². The van der Waals surface area contributed by atoms with E-state index in [1.807, 2.05) is 0 Å². The number of nitrogens with one attached hydrogen (secondary N) is 1. The summed E-state index contributed by atoms with van der Waals surface area (Å²) < 4.78 is 6.53. The molecule has 0 amide bonds. The topological polar surface area (TPSA) is 21.3 Å². The molecule has 0 aliphatic heterocycles. The summed E-state index contributed by atoms with van der Waals surface area (Å²) in [5.74, 6) is 0. The molecule has 0 radical (unpaired) electrons. The van der Waals surface area contributed by atoms with E-state index in [0.717, 1.165) is 13.2 Å². The number of hydrogen-bond donors (Lipinski definition) is 1. The third kappa shape index (κ3) is 9.64. The summed E-state index contributed by atoms with van der Waals surface area (Å²) in [5.41, 5.74) is 0. The van der Waals surface area contributed by atoms with Crippen molar-refractivity contribution in [3.8, 4) is 0 Å². The van der Waals surface area contributed by atoms with E-state index in [1.165, 1.54) is 63.1 Å². The molecule has 0 saturated heterocycles. The van der Waals surface area contributed by atoms with E-state index in [4.69, 9.17) is 4.43 Å². The monoisotopic (exact) mass is 287 g/mol. The summed E-state index contributed by atoms with van der Waals surface area (Å²) in [4.78, 5) is 0. The summed E-state index contributed by atoms with van der Waals surface area (Å²) in [6.45, 7) is 9.02. The molecule has 0 saturated carbocycles. The fourth-order valence-corrected chi connectivity index (χ4v) is 7.19. The van der Waals surface area contributed by atoms with Crippen LogP contribution < -0.4 is 5.32 Å². The second kappa shape index (κ2) is 13.1. The predicted octanol–water partition coefficient (Wildman–Crippen LogP) is 4.96. The van der Waals surface area contributed by atoms with E-state index in [0.29, 0.717) is 0 Å². The van der Waals surface area contributed by atoms with Gasteiger partial charge < -0.3 is 9.74 Å². The van der Waals surface area contributed by atoms with Gasteiger partial charge in [-0.3, -0.25) is 0 Å². The molecule has 19 heavy (non-hydrogen) atoms. The predicted molar refractivity (Wildman–Crippen MR) is 89.4 cm³/mol. The van der Waals surface area contributed by atoms with E-state index >= 15 is 0 Å². The molecule has 0 aromatic carbocycles. The maximum Gasteiger partial charge on any atom is 0.192 e. The highest BCUT2D eigenvalue weighted by Gasteiger charge is 2.32. The van der Waals surface area contributed by atoms with E-state index in [-0.39, 0.29) is 0 Å². The van der Waals surface area contributed by atoms with Gasteiger partial charge in [0.05, 0.1) is 0 Å². The van der Waals surface area contributed by atoms with Crippen LogP contribution in [0.2, 0.25) is 18.1 Å². The first-order valence-corrected chi connectivity index (χ1v) is 11.1. The van der Waals surface area contributed by atoms with Crippen molar-refractivity contribution in [2.45, 2.75) is 83.8 Å². The highest BCUT2D eigenvalue weighted by atomic mass is 28.4. The summed E-state index contributed by atoms with van der Waals surface area (Å²) >= 11 is 0. The largest absolute Gasteiger partial charge is 0.417 e. The molecule has 0 aliphatic carbocycles. The van der Waals surface area contributed by atoms with E-state index in [1.54, 1.807) is 0 Å². The minimum Gasteiger partial charge on any atom is -0.417 e. The van der Waals surface area contributed by atoms with Crippen LogP contribution in [0.5, 0.6) is 0 Å². The number of unbranched alkanes of at least 4 members (excludes halogenated alkanes) is 3. The second-order valence-corrected chi connectivity index (χ2v) is 9.95. The maximum atomic E-state index is 6.53. The van der Waals surface area contributed by atoms with Gasteiger partial charge in [-0.05, 0) is 44.6 Å². The Kier molecular flexibility index (Phi) is 13.2. The summed E-state index contributed by atoms with van der Waals surface area (Å²) in [6.07, 6.45) is 9.13. The second-order valence-electron chi connectivity index (χ2n) is 5.80. The Hall–Kier alpha value is 0.137. The fourth-order valence-electron chi connectivity index (χ4n) is 2.61. The van der Waals surface area contributed by atoms with Crippen LogP contribution in [0.4, 0.5) is 0 Å². The molecule has 0 spiro atoms. The van der Waals surface area contributed by atoms with Crippen LogP contribution >= 0.6 is 0 Å². The Morgan fingerprint density at radius 1 is 0.789 bits per heavy atom. The highest BCUT2D eigenvalue weighted by molar-refractivity contribution is 6.73. The van der Waals surface area contributed by atoms with Crippen LogP contribution in [0.3, 0.4) is 0 Å². The Morgan fingerprint density at radius 2 is 1.32 bits per heavy atom. The van der Waals surface area contributed by atoms with Gasteiger partial charge in [-0.25, -0.2) is 0 Å². The minimum absolute atomic E-state index is 1.01. The normalized spacial score (nSPS) is 12.0. The zero-order valence-corrected chi connectivity index (χ0v) is 14.9. The molecule has 3 heteroatoms. The van der Waals surface area contributed by atoms with Gasteiger partial charge in [0.15, 0.2) is 8.32 Å². The van der Waals surface area contributed by atoms with Crippen molar-refractivity contribution >= 4 is 8.32 Å². The molecule has 0 unspecified atom stereocenters. The Balaban J connectivity index is 4.44. The van der Waals surface area contributed by atoms with Crippen molar-refractivity contribution in [3.05, 3.63) is 0 Å². The maximum absolute atomic E-state index is 6.53. The third-order valence-electron chi connectivity index (χ3n) is 3.94. The summed E-state index contributed by atoms with van der Waals surface area (Å²) in [7, 11) is 0.603. The zero-order chi connectivity index (χ0) is 14.4. The van der Waals surface area contributed by atoms with Crippen LogP contribution in [-0.2, 0) is 4.43 Å². The van der Waals surface area contributed by atoms with Crippen molar-refractivity contribution < 1.29 is 4.43 Å². The Labute approximate surface area is 122 Å². The van der Waals surface area contributed by atoms with E-state index in [9.17, 15) is 0 Å². The van der Waals surface area contributed by atoms with Gasteiger partial charge in [-0.1, -0.05) is 52.9 Å². The average molecular weight is 288 g/mol. The molecule has 0 bridgehead atoms. The lowest BCUT2D eigenvalue weighted by Gasteiger charge is -2.32. The molecule has 0 aromatic rings. The van der Waals surface area contributed by atoms with Gasteiger partial charge in [-0.15, -0.1) is 0 Å². The molecule has 1 N–H and O–H groups in total. The van der Waals surface area contributed by atoms with E-state index < -0.39 is 8.32 Å². The lowest BCUT2D eigenvalue weighted by atomic mass is 10.4. The van der Waals surface area contributed by atoms with Crippen molar-refractivity contribution in [2.75, 3.05) is 20.2 Å². The first kappa shape index (κ1) is 19.1. The lowest BCUT2D eigenvalue weighted by Crippen LogP contribution is -2.39. The van der Waals surface area contributed by atoms with Crippen molar-refractivity contribution in [1.82, 2.24) is 5.32 Å². The molecular weight excluding hydrogens is 250 g/mol. The summed E-state index contributed by atoms with van der Waals surface area (Å²) in [5, 5.41) is 3.29. The first-order chi connectivity index (χ1) is 9.24. The molecule has 0 atom stereocenters. The van der Waals surface area contributed by atoms with Crippen LogP contribution in [0.15, 0.2) is 0 Å². The summed E-state index contributed by atoms with van der Waals surface area (Å²) in [6, 6.07) is 4.13. The van der Waals surface area contributed by atoms with Gasteiger partial charge in [0, 0.05) is 6.61 Å². The van der Waals surface area contributed by atoms with Gasteiger partial charge >= 0.3 is 0 Å². The van der Waals surface area contributed by atoms with Crippen molar-refractivity contribution in [3.63, 3.8) is 0 Å². The molecule has 0 rings (SSSR count). The third-order valence-corrected chi connectivity index (χ3v) is 8.55. The molecule has 0 heterocycles. The number of hydrogen-bond acceptors (Lipinski definition) is 2. The van der Waals surface area contributed by atoms with Crippen LogP contribution in [-0.4, -0.2) is 28.5 Å². The standard InChI is InChI=1S/C16H37NOSi/c1-5-8-13-18-19(14-9-6-2,15-10-7-3)16-11-12-17-4/h17H,5-16H2,1-4H3. The van der Waals surface area contributed by atoms with E-state index in [2.05, 4.69) is 33.1 Å². The fraction of sp³-hybridized carbons (Fsp3) is 1.00. The molecule has 116 valence electrons. The highest BCUT2D eigenvalue weighted by Crippen LogP contribution is 2.29. The molecule has 2 nitrogen and oxygen atoms in total. The van der Waals surface area contributed by atoms with Crippen LogP contribution in [0.1, 0.15) is 65.7 Å². The average Bonchev–Trinajstić information content (AvgIpc) is 2.43. The quantitative estimate of drug-likeness (QED) is 0.360.